The average Bonchev–Trinajstić information content (AvgIpc) is 2.48. The van der Waals surface area contributed by atoms with E-state index in [2.05, 4.69) is 16.4 Å². The summed E-state index contributed by atoms with van der Waals surface area (Å²) in [4.78, 5) is 4.20. The Balaban J connectivity index is 2.11. The van der Waals surface area contributed by atoms with Crippen LogP contribution >= 0.6 is 0 Å². The summed E-state index contributed by atoms with van der Waals surface area (Å²) >= 11 is 0. The van der Waals surface area contributed by atoms with Crippen LogP contribution in [-0.2, 0) is 0 Å². The summed E-state index contributed by atoms with van der Waals surface area (Å²) in [6.07, 6.45) is 1.65. The molecular weight excluding hydrogens is 253 g/mol. The van der Waals surface area contributed by atoms with Crippen LogP contribution < -0.4 is 5.32 Å². The standard InChI is InChI=1S/C16H10FN3/c17-12-5-6-15-13(9-12)16(7-8-19-15)20-14-4-2-1-3-11(14)10-18/h1-9H,(H,19,20). The number of fused-ring (bicyclic) bond motifs is 1. The molecular formula is C16H10FN3. The van der Waals surface area contributed by atoms with Crippen molar-refractivity contribution in [3.8, 4) is 6.07 Å². The van der Waals surface area contributed by atoms with E-state index in [0.29, 0.717) is 22.2 Å². The number of para-hydroxylation sites is 1. The highest BCUT2D eigenvalue weighted by atomic mass is 19.1. The molecule has 0 bridgehead atoms. The quantitative estimate of drug-likeness (QED) is 0.760. The van der Waals surface area contributed by atoms with E-state index in [1.807, 2.05) is 12.1 Å². The van der Waals surface area contributed by atoms with E-state index in [4.69, 9.17) is 5.26 Å². The van der Waals surface area contributed by atoms with Gasteiger partial charge in [0.05, 0.1) is 16.8 Å². The maximum Gasteiger partial charge on any atom is 0.124 e. The van der Waals surface area contributed by atoms with E-state index in [0.717, 1.165) is 5.69 Å². The van der Waals surface area contributed by atoms with Crippen molar-refractivity contribution in [2.24, 2.45) is 0 Å². The topological polar surface area (TPSA) is 48.7 Å². The normalized spacial score (nSPS) is 10.2. The number of benzene rings is 2. The first-order valence-electron chi connectivity index (χ1n) is 6.08. The molecule has 4 heteroatoms. The van der Waals surface area contributed by atoms with Gasteiger partial charge in [-0.05, 0) is 36.4 Å². The molecule has 0 aliphatic rings. The van der Waals surface area contributed by atoms with Crippen LogP contribution in [0, 0.1) is 17.1 Å². The Morgan fingerprint density at radius 3 is 2.75 bits per heavy atom. The van der Waals surface area contributed by atoms with Crippen LogP contribution in [0.5, 0.6) is 0 Å². The minimum Gasteiger partial charge on any atom is -0.354 e. The van der Waals surface area contributed by atoms with Crippen molar-refractivity contribution >= 4 is 22.3 Å². The van der Waals surface area contributed by atoms with Crippen molar-refractivity contribution in [2.45, 2.75) is 0 Å². The van der Waals surface area contributed by atoms with Gasteiger partial charge >= 0.3 is 0 Å². The molecule has 0 spiro atoms. The van der Waals surface area contributed by atoms with E-state index in [9.17, 15) is 4.39 Å². The maximum absolute atomic E-state index is 13.4. The number of pyridine rings is 1. The summed E-state index contributed by atoms with van der Waals surface area (Å²) in [5.41, 5.74) is 2.64. The fourth-order valence-corrected chi connectivity index (χ4v) is 2.06. The molecule has 0 fully saturated rings. The van der Waals surface area contributed by atoms with Crippen molar-refractivity contribution in [2.75, 3.05) is 5.32 Å². The number of halogens is 1. The van der Waals surface area contributed by atoms with E-state index in [-0.39, 0.29) is 5.82 Å². The number of rotatable bonds is 2. The van der Waals surface area contributed by atoms with Gasteiger partial charge in [-0.3, -0.25) is 4.98 Å². The van der Waals surface area contributed by atoms with Crippen molar-refractivity contribution in [3.05, 3.63) is 66.1 Å². The summed E-state index contributed by atoms with van der Waals surface area (Å²) in [7, 11) is 0. The Morgan fingerprint density at radius 2 is 1.90 bits per heavy atom. The van der Waals surface area contributed by atoms with Gasteiger partial charge in [0.1, 0.15) is 11.9 Å². The Morgan fingerprint density at radius 1 is 1.05 bits per heavy atom. The largest absolute Gasteiger partial charge is 0.354 e. The average molecular weight is 263 g/mol. The van der Waals surface area contributed by atoms with Gasteiger partial charge in [0, 0.05) is 17.3 Å². The predicted molar refractivity (Wildman–Crippen MR) is 76.1 cm³/mol. The SMILES string of the molecule is N#Cc1ccccc1Nc1ccnc2ccc(F)cc12. The number of aromatic nitrogens is 1. The second-order valence-corrected chi connectivity index (χ2v) is 4.30. The molecule has 0 aliphatic heterocycles. The van der Waals surface area contributed by atoms with Gasteiger partial charge in [-0.1, -0.05) is 12.1 Å². The van der Waals surface area contributed by atoms with Crippen molar-refractivity contribution in [1.29, 1.82) is 5.26 Å². The maximum atomic E-state index is 13.4. The molecule has 0 aliphatic carbocycles. The Labute approximate surface area is 115 Å². The van der Waals surface area contributed by atoms with Gasteiger partial charge < -0.3 is 5.32 Å². The highest BCUT2D eigenvalue weighted by molar-refractivity contribution is 5.93. The molecule has 0 atom stereocenters. The fourth-order valence-electron chi connectivity index (χ4n) is 2.06. The van der Waals surface area contributed by atoms with Crippen LogP contribution in [0.1, 0.15) is 5.56 Å². The zero-order valence-corrected chi connectivity index (χ0v) is 10.5. The fraction of sp³-hybridized carbons (Fsp3) is 0. The molecule has 0 saturated carbocycles. The number of anilines is 2. The Kier molecular flexibility index (Phi) is 3.02. The van der Waals surface area contributed by atoms with E-state index in [1.165, 1.54) is 12.1 Å². The van der Waals surface area contributed by atoms with Crippen molar-refractivity contribution < 1.29 is 4.39 Å². The molecule has 0 amide bonds. The van der Waals surface area contributed by atoms with E-state index >= 15 is 0 Å². The first-order chi connectivity index (χ1) is 9.78. The third-order valence-corrected chi connectivity index (χ3v) is 3.02. The highest BCUT2D eigenvalue weighted by Gasteiger charge is 2.06. The molecule has 1 N–H and O–H groups in total. The van der Waals surface area contributed by atoms with Crippen LogP contribution in [0.3, 0.4) is 0 Å². The van der Waals surface area contributed by atoms with E-state index in [1.54, 1.807) is 30.5 Å². The van der Waals surface area contributed by atoms with E-state index < -0.39 is 0 Å². The van der Waals surface area contributed by atoms with Gasteiger partial charge in [0.25, 0.3) is 0 Å². The number of nitriles is 1. The lowest BCUT2D eigenvalue weighted by Gasteiger charge is -2.10. The van der Waals surface area contributed by atoms with Gasteiger partial charge in [-0.15, -0.1) is 0 Å². The van der Waals surface area contributed by atoms with Crippen LogP contribution in [-0.4, -0.2) is 4.98 Å². The minimum atomic E-state index is -0.317. The third kappa shape index (κ3) is 2.17. The molecule has 1 heterocycles. The summed E-state index contributed by atoms with van der Waals surface area (Å²) in [6, 6.07) is 15.5. The zero-order valence-electron chi connectivity index (χ0n) is 10.5. The molecule has 3 aromatic rings. The first kappa shape index (κ1) is 12.1. The molecule has 0 radical (unpaired) electrons. The van der Waals surface area contributed by atoms with Crippen LogP contribution in [0.15, 0.2) is 54.7 Å². The lowest BCUT2D eigenvalue weighted by molar-refractivity contribution is 0.629. The monoisotopic (exact) mass is 263 g/mol. The molecule has 2 aromatic carbocycles. The predicted octanol–water partition coefficient (Wildman–Crippen LogP) is 3.99. The first-order valence-corrected chi connectivity index (χ1v) is 6.08. The van der Waals surface area contributed by atoms with Gasteiger partial charge in [-0.25, -0.2) is 4.39 Å². The van der Waals surface area contributed by atoms with Crippen LogP contribution in [0.4, 0.5) is 15.8 Å². The number of nitrogens with one attached hydrogen (secondary N) is 1. The highest BCUT2D eigenvalue weighted by Crippen LogP contribution is 2.27. The number of nitrogens with zero attached hydrogens (tertiary/aromatic N) is 2. The Bertz CT molecular complexity index is 821. The molecule has 0 saturated heterocycles. The van der Waals surface area contributed by atoms with Crippen molar-refractivity contribution in [1.82, 2.24) is 4.98 Å². The zero-order chi connectivity index (χ0) is 13.9. The van der Waals surface area contributed by atoms with Gasteiger partial charge in [0.2, 0.25) is 0 Å². The van der Waals surface area contributed by atoms with Gasteiger partial charge in [-0.2, -0.15) is 5.26 Å². The summed E-state index contributed by atoms with van der Waals surface area (Å²) in [6.45, 7) is 0. The molecule has 20 heavy (non-hydrogen) atoms. The lowest BCUT2D eigenvalue weighted by atomic mass is 10.1. The lowest BCUT2D eigenvalue weighted by Crippen LogP contribution is -1.95. The summed E-state index contributed by atoms with van der Waals surface area (Å²) in [5.74, 6) is -0.317. The smallest absolute Gasteiger partial charge is 0.124 e. The second kappa shape index (κ2) is 4.98. The Hall–Kier alpha value is -2.93. The minimum absolute atomic E-state index is 0.317. The van der Waals surface area contributed by atoms with Crippen molar-refractivity contribution in [3.63, 3.8) is 0 Å². The number of hydrogen-bond acceptors (Lipinski definition) is 3. The number of hydrogen-bond donors (Lipinski definition) is 1. The summed E-state index contributed by atoms with van der Waals surface area (Å²) in [5, 5.41) is 12.9. The molecule has 3 rings (SSSR count). The molecule has 0 unspecified atom stereocenters. The second-order valence-electron chi connectivity index (χ2n) is 4.30. The molecule has 96 valence electrons. The summed E-state index contributed by atoms with van der Waals surface area (Å²) < 4.78 is 13.4. The molecule has 1 aromatic heterocycles. The van der Waals surface area contributed by atoms with Gasteiger partial charge in [0.15, 0.2) is 0 Å². The van der Waals surface area contributed by atoms with Crippen LogP contribution in [0.25, 0.3) is 10.9 Å². The third-order valence-electron chi connectivity index (χ3n) is 3.02. The van der Waals surface area contributed by atoms with Crippen LogP contribution in [0.2, 0.25) is 0 Å². The molecule has 3 nitrogen and oxygen atoms in total.